The first-order chi connectivity index (χ1) is 9.43. The summed E-state index contributed by atoms with van der Waals surface area (Å²) in [4.78, 5) is 15.3. The Labute approximate surface area is 121 Å². The van der Waals surface area contributed by atoms with Crippen LogP contribution in [-0.2, 0) is 11.8 Å². The average Bonchev–Trinajstić information content (AvgIpc) is 2.71. The summed E-state index contributed by atoms with van der Waals surface area (Å²) in [5, 5.41) is 3.80. The number of rotatable bonds is 3. The van der Waals surface area contributed by atoms with Gasteiger partial charge in [-0.25, -0.2) is 23.2 Å². The maximum absolute atomic E-state index is 13.9. The molecule has 0 atom stereocenters. The van der Waals surface area contributed by atoms with Gasteiger partial charge in [0, 0.05) is 11.5 Å². The molecule has 1 aromatic heterocycles. The Morgan fingerprint density at radius 1 is 1.40 bits per heavy atom. The third-order valence-corrected chi connectivity index (χ3v) is 2.91. The van der Waals surface area contributed by atoms with Crippen molar-refractivity contribution in [2.24, 2.45) is 7.05 Å². The van der Waals surface area contributed by atoms with Gasteiger partial charge in [-0.15, -0.1) is 5.10 Å². The zero-order chi connectivity index (χ0) is 14.9. The van der Waals surface area contributed by atoms with Gasteiger partial charge in [-0.2, -0.15) is 0 Å². The fraction of sp³-hybridized carbons (Fsp3) is 0.250. The third kappa shape index (κ3) is 2.69. The molecule has 0 unspecified atom stereocenters. The molecule has 2 rings (SSSR count). The van der Waals surface area contributed by atoms with Gasteiger partial charge >= 0.3 is 5.97 Å². The number of hydrogen-bond acceptors (Lipinski definition) is 4. The van der Waals surface area contributed by atoms with E-state index in [1.807, 2.05) is 0 Å². The largest absolute Gasteiger partial charge is 0.460 e. The predicted molar refractivity (Wildman–Crippen MR) is 70.0 cm³/mol. The molecule has 0 saturated heterocycles. The van der Waals surface area contributed by atoms with Gasteiger partial charge in [0.2, 0.25) is 0 Å². The van der Waals surface area contributed by atoms with E-state index in [1.54, 1.807) is 6.92 Å². The summed E-state index contributed by atoms with van der Waals surface area (Å²) in [5.41, 5.74) is -0.348. The molecular weight excluding hydrogens is 336 g/mol. The highest BCUT2D eigenvalue weighted by atomic mass is 79.9. The molecule has 0 bridgehead atoms. The zero-order valence-corrected chi connectivity index (χ0v) is 12.2. The van der Waals surface area contributed by atoms with E-state index in [0.29, 0.717) is 0 Å². The quantitative estimate of drug-likeness (QED) is 0.802. The van der Waals surface area contributed by atoms with Crippen molar-refractivity contribution >= 4 is 21.9 Å². The summed E-state index contributed by atoms with van der Waals surface area (Å²) >= 11 is 2.99. The highest BCUT2D eigenvalue weighted by Crippen LogP contribution is 2.27. The van der Waals surface area contributed by atoms with Crippen molar-refractivity contribution in [2.45, 2.75) is 6.92 Å². The van der Waals surface area contributed by atoms with Gasteiger partial charge in [0.05, 0.1) is 12.2 Å². The van der Waals surface area contributed by atoms with E-state index < -0.39 is 17.6 Å². The molecule has 0 N–H and O–H groups in total. The molecule has 0 radical (unpaired) electrons. The van der Waals surface area contributed by atoms with Crippen molar-refractivity contribution < 1.29 is 18.3 Å². The molecule has 20 heavy (non-hydrogen) atoms. The van der Waals surface area contributed by atoms with Gasteiger partial charge in [0.15, 0.2) is 5.82 Å². The van der Waals surface area contributed by atoms with Gasteiger partial charge in [0.1, 0.15) is 11.6 Å². The molecule has 0 spiro atoms. The van der Waals surface area contributed by atoms with Crippen LogP contribution in [0.25, 0.3) is 11.4 Å². The molecule has 0 aliphatic rings. The normalized spacial score (nSPS) is 10.7. The highest BCUT2D eigenvalue weighted by molar-refractivity contribution is 9.10. The Morgan fingerprint density at radius 3 is 2.55 bits per heavy atom. The van der Waals surface area contributed by atoms with Crippen molar-refractivity contribution in [3.8, 4) is 11.4 Å². The molecule has 5 nitrogen and oxygen atoms in total. The number of carbonyl (C=O) groups is 1. The van der Waals surface area contributed by atoms with E-state index in [4.69, 9.17) is 4.74 Å². The maximum Gasteiger partial charge on any atom is 0.378 e. The average molecular weight is 346 g/mol. The summed E-state index contributed by atoms with van der Waals surface area (Å²) in [7, 11) is 1.44. The van der Waals surface area contributed by atoms with Gasteiger partial charge < -0.3 is 4.74 Å². The van der Waals surface area contributed by atoms with Gasteiger partial charge in [-0.3, -0.25) is 0 Å². The lowest BCUT2D eigenvalue weighted by atomic mass is 10.2. The molecule has 1 heterocycles. The lowest BCUT2D eigenvalue weighted by Gasteiger charge is -2.04. The summed E-state index contributed by atoms with van der Waals surface area (Å²) in [6.45, 7) is 1.79. The SMILES string of the molecule is CCOC(=O)c1nc(-c2c(F)cc(Br)cc2F)n(C)n1. The standard InChI is InChI=1S/C12H10BrF2N3O2/c1-3-20-12(19)10-16-11(18(2)17-10)9-7(14)4-6(13)5-8(9)15/h4-5H,3H2,1-2H3. The van der Waals surface area contributed by atoms with Crippen LogP contribution in [0.5, 0.6) is 0 Å². The van der Waals surface area contributed by atoms with E-state index in [0.717, 1.165) is 16.8 Å². The summed E-state index contributed by atoms with van der Waals surface area (Å²) < 4.78 is 33.9. The number of nitrogens with zero attached hydrogens (tertiary/aromatic N) is 3. The Kier molecular flexibility index (Phi) is 4.12. The maximum atomic E-state index is 13.9. The van der Waals surface area contributed by atoms with Crippen LogP contribution in [-0.4, -0.2) is 27.3 Å². The number of benzene rings is 1. The smallest absolute Gasteiger partial charge is 0.378 e. The first-order valence-electron chi connectivity index (χ1n) is 5.67. The van der Waals surface area contributed by atoms with Crippen LogP contribution in [0.3, 0.4) is 0 Å². The minimum Gasteiger partial charge on any atom is -0.460 e. The lowest BCUT2D eigenvalue weighted by molar-refractivity contribution is 0.0512. The highest BCUT2D eigenvalue weighted by Gasteiger charge is 2.22. The Hall–Kier alpha value is -1.83. The zero-order valence-electron chi connectivity index (χ0n) is 10.7. The van der Waals surface area contributed by atoms with Gasteiger partial charge in [-0.05, 0) is 19.1 Å². The number of halogens is 3. The Morgan fingerprint density at radius 2 is 2.00 bits per heavy atom. The van der Waals surface area contributed by atoms with Gasteiger partial charge in [0.25, 0.3) is 5.82 Å². The number of esters is 1. The van der Waals surface area contributed by atoms with E-state index >= 15 is 0 Å². The molecule has 106 valence electrons. The second kappa shape index (κ2) is 5.66. The van der Waals surface area contributed by atoms with Crippen LogP contribution < -0.4 is 0 Å². The van der Waals surface area contributed by atoms with Crippen LogP contribution in [0, 0.1) is 11.6 Å². The number of hydrogen-bond donors (Lipinski definition) is 0. The van der Waals surface area contributed by atoms with Gasteiger partial charge in [-0.1, -0.05) is 15.9 Å². The molecule has 2 aromatic rings. The monoisotopic (exact) mass is 345 g/mol. The number of aromatic nitrogens is 3. The van der Waals surface area contributed by atoms with Crippen molar-refractivity contribution in [1.82, 2.24) is 14.8 Å². The minimum atomic E-state index is -0.803. The molecule has 0 fully saturated rings. The third-order valence-electron chi connectivity index (χ3n) is 2.45. The van der Waals surface area contributed by atoms with E-state index in [2.05, 4.69) is 26.0 Å². The summed E-state index contributed by atoms with van der Waals surface area (Å²) in [6, 6.07) is 2.22. The van der Waals surface area contributed by atoms with Crippen LogP contribution in [0.2, 0.25) is 0 Å². The van der Waals surface area contributed by atoms with Crippen LogP contribution in [0.1, 0.15) is 17.5 Å². The number of aryl methyl sites for hydroxylation is 1. The Bertz CT molecular complexity index is 650. The van der Waals surface area contributed by atoms with Crippen molar-refractivity contribution in [2.75, 3.05) is 6.61 Å². The first-order valence-corrected chi connectivity index (χ1v) is 6.46. The molecule has 1 aromatic carbocycles. The predicted octanol–water partition coefficient (Wildman–Crippen LogP) is 2.70. The number of ether oxygens (including phenoxy) is 1. The van der Waals surface area contributed by atoms with Crippen molar-refractivity contribution in [3.63, 3.8) is 0 Å². The topological polar surface area (TPSA) is 57.0 Å². The fourth-order valence-electron chi connectivity index (χ4n) is 1.64. The summed E-state index contributed by atoms with van der Waals surface area (Å²) in [6.07, 6.45) is 0. The van der Waals surface area contributed by atoms with Crippen LogP contribution in [0.15, 0.2) is 16.6 Å². The Balaban J connectivity index is 2.52. The van der Waals surface area contributed by atoms with E-state index in [1.165, 1.54) is 7.05 Å². The first kappa shape index (κ1) is 14.6. The van der Waals surface area contributed by atoms with E-state index in [9.17, 15) is 13.6 Å². The fourth-order valence-corrected chi connectivity index (χ4v) is 2.04. The summed E-state index contributed by atoms with van der Waals surface area (Å²) in [5.74, 6) is -2.68. The van der Waals surface area contributed by atoms with Crippen molar-refractivity contribution in [3.05, 3.63) is 34.1 Å². The molecular formula is C12H10BrF2N3O2. The lowest BCUT2D eigenvalue weighted by Crippen LogP contribution is -2.07. The molecule has 0 amide bonds. The van der Waals surface area contributed by atoms with E-state index in [-0.39, 0.29) is 28.3 Å². The molecule has 0 saturated carbocycles. The number of carbonyl (C=O) groups excluding carboxylic acids is 1. The molecule has 0 aliphatic heterocycles. The second-order valence-corrected chi connectivity index (χ2v) is 4.76. The van der Waals surface area contributed by atoms with Crippen molar-refractivity contribution in [1.29, 1.82) is 0 Å². The molecule has 0 aliphatic carbocycles. The molecule has 8 heteroatoms. The minimum absolute atomic E-state index is 0.0875. The van der Waals surface area contributed by atoms with Crippen LogP contribution >= 0.6 is 15.9 Å². The second-order valence-electron chi connectivity index (χ2n) is 3.85. The van der Waals surface area contributed by atoms with Crippen LogP contribution in [0.4, 0.5) is 8.78 Å².